The highest BCUT2D eigenvalue weighted by atomic mass is 35.5. The fraction of sp³-hybridized carbons (Fsp3) is 0.286. The third kappa shape index (κ3) is 3.94. The van der Waals surface area contributed by atoms with Crippen molar-refractivity contribution in [1.82, 2.24) is 15.2 Å². The monoisotopic (exact) mass is 382 g/mol. The Bertz CT molecular complexity index is 916. The summed E-state index contributed by atoms with van der Waals surface area (Å²) in [6, 6.07) is 18.2. The van der Waals surface area contributed by atoms with Gasteiger partial charge >= 0.3 is 0 Å². The molecule has 2 N–H and O–H groups in total. The number of nitrogens with one attached hydrogen (secondary N) is 2. The molecule has 5 nitrogen and oxygen atoms in total. The molecule has 0 saturated carbocycles. The Balaban J connectivity index is 1.26. The molecule has 140 valence electrons. The van der Waals surface area contributed by atoms with Gasteiger partial charge in [-0.25, -0.2) is 0 Å². The molecule has 0 radical (unpaired) electrons. The predicted molar refractivity (Wildman–Crippen MR) is 111 cm³/mol. The largest absolute Gasteiger partial charge is 0.369 e. The van der Waals surface area contributed by atoms with Gasteiger partial charge in [0.15, 0.2) is 0 Å². The van der Waals surface area contributed by atoms with E-state index in [1.165, 1.54) is 5.69 Å². The second kappa shape index (κ2) is 8.03. The van der Waals surface area contributed by atoms with Crippen LogP contribution in [0.2, 0.25) is 5.02 Å². The molecule has 0 atom stereocenters. The Labute approximate surface area is 163 Å². The van der Waals surface area contributed by atoms with Gasteiger partial charge in [-0.3, -0.25) is 9.69 Å². The number of rotatable bonds is 5. The molecule has 27 heavy (non-hydrogen) atoms. The molecule has 3 aromatic rings. The summed E-state index contributed by atoms with van der Waals surface area (Å²) in [5.41, 5.74) is 2.59. The summed E-state index contributed by atoms with van der Waals surface area (Å²) in [5, 5.41) is 4.34. The number of amides is 1. The van der Waals surface area contributed by atoms with Crippen LogP contribution >= 0.6 is 11.6 Å². The Morgan fingerprint density at radius 3 is 2.44 bits per heavy atom. The van der Waals surface area contributed by atoms with Gasteiger partial charge in [-0.1, -0.05) is 48.0 Å². The third-order valence-electron chi connectivity index (χ3n) is 5.08. The van der Waals surface area contributed by atoms with Crippen molar-refractivity contribution in [3.05, 3.63) is 65.3 Å². The minimum atomic E-state index is -0.154. The number of fused-ring (bicyclic) bond motifs is 1. The highest BCUT2D eigenvalue weighted by molar-refractivity contribution is 6.38. The van der Waals surface area contributed by atoms with E-state index in [1.54, 1.807) is 0 Å². The Morgan fingerprint density at radius 2 is 1.70 bits per heavy atom. The molecular weight excluding hydrogens is 360 g/mol. The van der Waals surface area contributed by atoms with Crippen molar-refractivity contribution in [2.75, 3.05) is 44.2 Å². The smallest absolute Gasteiger partial charge is 0.269 e. The number of H-pyrrole nitrogens is 1. The fourth-order valence-corrected chi connectivity index (χ4v) is 3.85. The minimum Gasteiger partial charge on any atom is -0.369 e. The van der Waals surface area contributed by atoms with E-state index in [1.807, 2.05) is 30.3 Å². The number of para-hydroxylation sites is 2. The molecule has 1 aliphatic heterocycles. The van der Waals surface area contributed by atoms with Crippen molar-refractivity contribution < 1.29 is 4.79 Å². The first-order chi connectivity index (χ1) is 13.2. The van der Waals surface area contributed by atoms with Crippen molar-refractivity contribution in [3.63, 3.8) is 0 Å². The molecule has 1 aliphatic rings. The SMILES string of the molecule is O=C(NCCN1CCN(c2ccccc2)CC1)c1[nH]c2ccccc2c1Cl. The number of aromatic nitrogens is 1. The molecule has 0 bridgehead atoms. The summed E-state index contributed by atoms with van der Waals surface area (Å²) in [7, 11) is 0. The normalized spacial score (nSPS) is 15.2. The lowest BCUT2D eigenvalue weighted by Crippen LogP contribution is -2.48. The van der Waals surface area contributed by atoms with Crippen LogP contribution in [0.3, 0.4) is 0 Å². The zero-order valence-electron chi connectivity index (χ0n) is 15.1. The number of piperazine rings is 1. The van der Waals surface area contributed by atoms with E-state index >= 15 is 0 Å². The molecule has 1 fully saturated rings. The van der Waals surface area contributed by atoms with Gasteiger partial charge in [0.2, 0.25) is 0 Å². The van der Waals surface area contributed by atoms with Crippen LogP contribution in [-0.2, 0) is 0 Å². The lowest BCUT2D eigenvalue weighted by atomic mass is 10.2. The number of halogens is 1. The molecule has 1 amide bonds. The van der Waals surface area contributed by atoms with Crippen LogP contribution in [-0.4, -0.2) is 55.1 Å². The van der Waals surface area contributed by atoms with E-state index in [9.17, 15) is 4.79 Å². The van der Waals surface area contributed by atoms with E-state index in [0.717, 1.165) is 43.6 Å². The molecule has 4 rings (SSSR count). The van der Waals surface area contributed by atoms with E-state index in [2.05, 4.69) is 44.4 Å². The van der Waals surface area contributed by atoms with Crippen molar-refractivity contribution in [2.45, 2.75) is 0 Å². The Hall–Kier alpha value is -2.50. The predicted octanol–water partition coefficient (Wildman–Crippen LogP) is 3.37. The summed E-state index contributed by atoms with van der Waals surface area (Å²) in [5.74, 6) is -0.154. The summed E-state index contributed by atoms with van der Waals surface area (Å²) < 4.78 is 0. The van der Waals surface area contributed by atoms with Crippen LogP contribution in [0.5, 0.6) is 0 Å². The van der Waals surface area contributed by atoms with Gasteiger partial charge < -0.3 is 15.2 Å². The van der Waals surface area contributed by atoms with Gasteiger partial charge in [-0.05, 0) is 18.2 Å². The third-order valence-corrected chi connectivity index (χ3v) is 5.47. The van der Waals surface area contributed by atoms with Gasteiger partial charge in [0.05, 0.1) is 5.02 Å². The number of hydrogen-bond donors (Lipinski definition) is 2. The van der Waals surface area contributed by atoms with E-state index in [4.69, 9.17) is 11.6 Å². The molecule has 0 aliphatic carbocycles. The quantitative estimate of drug-likeness (QED) is 0.711. The molecule has 1 saturated heterocycles. The standard InChI is InChI=1S/C21H23ClN4O/c22-19-17-8-4-5-9-18(17)24-20(19)21(27)23-10-11-25-12-14-26(15-13-25)16-6-2-1-3-7-16/h1-9,24H,10-15H2,(H,23,27). The lowest BCUT2D eigenvalue weighted by molar-refractivity contribution is 0.0944. The van der Waals surface area contributed by atoms with Crippen molar-refractivity contribution in [2.24, 2.45) is 0 Å². The van der Waals surface area contributed by atoms with Gasteiger partial charge in [-0.15, -0.1) is 0 Å². The fourth-order valence-electron chi connectivity index (χ4n) is 3.55. The molecule has 0 spiro atoms. The first-order valence-corrected chi connectivity index (χ1v) is 9.67. The summed E-state index contributed by atoms with van der Waals surface area (Å²) >= 11 is 6.35. The molecule has 2 aromatic carbocycles. The van der Waals surface area contributed by atoms with E-state index < -0.39 is 0 Å². The van der Waals surface area contributed by atoms with Gasteiger partial charge in [0.25, 0.3) is 5.91 Å². The first kappa shape index (κ1) is 17.9. The number of benzene rings is 2. The molecule has 1 aromatic heterocycles. The zero-order chi connectivity index (χ0) is 18.6. The maximum atomic E-state index is 12.5. The number of carbonyl (C=O) groups excluding carboxylic acids is 1. The summed E-state index contributed by atoms with van der Waals surface area (Å²) in [6.45, 7) is 5.45. The average molecular weight is 383 g/mol. The number of nitrogens with zero attached hydrogens (tertiary/aromatic N) is 2. The van der Waals surface area contributed by atoms with Crippen molar-refractivity contribution in [3.8, 4) is 0 Å². The average Bonchev–Trinajstić information content (AvgIpc) is 3.06. The maximum Gasteiger partial charge on any atom is 0.269 e. The first-order valence-electron chi connectivity index (χ1n) is 9.29. The van der Waals surface area contributed by atoms with Crippen LogP contribution < -0.4 is 10.2 Å². The molecule has 0 unspecified atom stereocenters. The van der Waals surface area contributed by atoms with Gasteiger partial charge in [-0.2, -0.15) is 0 Å². The molecule has 6 heteroatoms. The number of carbonyl (C=O) groups is 1. The highest BCUT2D eigenvalue weighted by Gasteiger charge is 2.18. The summed E-state index contributed by atoms with van der Waals surface area (Å²) in [6.07, 6.45) is 0. The number of anilines is 1. The molecule has 2 heterocycles. The Morgan fingerprint density at radius 1 is 1.00 bits per heavy atom. The maximum absolute atomic E-state index is 12.5. The highest BCUT2D eigenvalue weighted by Crippen LogP contribution is 2.26. The van der Waals surface area contributed by atoms with Gasteiger partial charge in [0, 0.05) is 55.9 Å². The van der Waals surface area contributed by atoms with Crippen LogP contribution in [0.4, 0.5) is 5.69 Å². The van der Waals surface area contributed by atoms with Crippen molar-refractivity contribution in [1.29, 1.82) is 0 Å². The van der Waals surface area contributed by atoms with Crippen LogP contribution in [0, 0.1) is 0 Å². The molecular formula is C21H23ClN4O. The zero-order valence-corrected chi connectivity index (χ0v) is 15.9. The topological polar surface area (TPSA) is 51.4 Å². The number of aromatic amines is 1. The lowest BCUT2D eigenvalue weighted by Gasteiger charge is -2.36. The van der Waals surface area contributed by atoms with E-state index in [-0.39, 0.29) is 5.91 Å². The second-order valence-corrected chi connectivity index (χ2v) is 7.16. The van der Waals surface area contributed by atoms with E-state index in [0.29, 0.717) is 17.3 Å². The van der Waals surface area contributed by atoms with Crippen LogP contribution in [0.15, 0.2) is 54.6 Å². The number of hydrogen-bond acceptors (Lipinski definition) is 3. The van der Waals surface area contributed by atoms with Gasteiger partial charge in [0.1, 0.15) is 5.69 Å². The summed E-state index contributed by atoms with van der Waals surface area (Å²) in [4.78, 5) is 20.4. The van der Waals surface area contributed by atoms with Crippen LogP contribution in [0.1, 0.15) is 10.5 Å². The van der Waals surface area contributed by atoms with Crippen LogP contribution in [0.25, 0.3) is 10.9 Å². The minimum absolute atomic E-state index is 0.154. The Kier molecular flexibility index (Phi) is 5.32. The van der Waals surface area contributed by atoms with Crippen molar-refractivity contribution >= 4 is 34.1 Å². The second-order valence-electron chi connectivity index (χ2n) is 6.78.